The molecular formula is C33H42N6O3. The van der Waals surface area contributed by atoms with Gasteiger partial charge in [-0.05, 0) is 55.2 Å². The monoisotopic (exact) mass is 570 g/mol. The molecule has 1 unspecified atom stereocenters. The van der Waals surface area contributed by atoms with Crippen LogP contribution < -0.4 is 15.4 Å². The molecule has 1 heterocycles. The number of H-pyrrole nitrogens is 1. The fourth-order valence-electron chi connectivity index (χ4n) is 4.26. The van der Waals surface area contributed by atoms with Gasteiger partial charge in [-0.15, -0.1) is 0 Å². The number of amides is 1. The minimum atomic E-state index is -0.536. The third-order valence-electron chi connectivity index (χ3n) is 6.62. The number of nitrogens with zero attached hydrogens (tertiary/aromatic N) is 1. The van der Waals surface area contributed by atoms with Crippen LogP contribution >= 0.6 is 0 Å². The van der Waals surface area contributed by atoms with Crippen LogP contribution in [0.15, 0.2) is 85.1 Å². The Kier molecular flexibility index (Phi) is 12.8. The average molecular weight is 571 g/mol. The predicted octanol–water partition coefficient (Wildman–Crippen LogP) is 4.65. The molecular weight excluding hydrogens is 528 g/mol. The van der Waals surface area contributed by atoms with Crippen LogP contribution in [0.25, 0.3) is 10.9 Å². The van der Waals surface area contributed by atoms with Gasteiger partial charge >= 0.3 is 0 Å². The summed E-state index contributed by atoms with van der Waals surface area (Å²) in [5.74, 6) is 0.931. The standard InChI is InChI=1S/C24H33N5O3.C9H9N/c1-18(30)14-27-16-24(31)28-15-23(26)29(17-20-8-11-21(32-2)12-9-20)22(25)13-10-19-6-4-3-5-7-19;1-7-6-10-9-5-3-2-4-8(7)9/h3-9,11-12,18,25-27,30H,10,13-17H2,1-2H3,(H,28,31);2-6,10H,1H3. The van der Waals surface area contributed by atoms with Crippen LogP contribution in [0.4, 0.5) is 0 Å². The smallest absolute Gasteiger partial charge is 0.234 e. The van der Waals surface area contributed by atoms with E-state index in [-0.39, 0.29) is 24.8 Å². The molecule has 0 aliphatic heterocycles. The van der Waals surface area contributed by atoms with Crippen LogP contribution in [0.3, 0.4) is 0 Å². The first kappa shape index (κ1) is 32.0. The first-order valence-corrected chi connectivity index (χ1v) is 14.0. The van der Waals surface area contributed by atoms with Crippen molar-refractivity contribution in [2.24, 2.45) is 0 Å². The highest BCUT2D eigenvalue weighted by Gasteiger charge is 2.17. The largest absolute Gasteiger partial charge is 0.497 e. The molecule has 6 N–H and O–H groups in total. The van der Waals surface area contributed by atoms with E-state index >= 15 is 0 Å². The lowest BCUT2D eigenvalue weighted by Gasteiger charge is -2.26. The van der Waals surface area contributed by atoms with Crippen LogP contribution in [0.5, 0.6) is 5.75 Å². The second-order valence-electron chi connectivity index (χ2n) is 10.1. The molecule has 0 saturated carbocycles. The number of aliphatic hydroxyl groups is 1. The number of carbonyl (C=O) groups is 1. The highest BCUT2D eigenvalue weighted by atomic mass is 16.5. The van der Waals surface area contributed by atoms with E-state index < -0.39 is 6.10 Å². The minimum Gasteiger partial charge on any atom is -0.497 e. The van der Waals surface area contributed by atoms with Crippen molar-refractivity contribution in [2.75, 3.05) is 26.7 Å². The van der Waals surface area contributed by atoms with Gasteiger partial charge in [-0.3, -0.25) is 15.6 Å². The zero-order valence-electron chi connectivity index (χ0n) is 24.6. The van der Waals surface area contributed by atoms with Crippen molar-refractivity contribution in [3.8, 4) is 5.75 Å². The number of ether oxygens (including phenoxy) is 1. The van der Waals surface area contributed by atoms with E-state index in [2.05, 4.69) is 40.7 Å². The summed E-state index contributed by atoms with van der Waals surface area (Å²) in [7, 11) is 1.61. The molecule has 9 nitrogen and oxygen atoms in total. The second-order valence-corrected chi connectivity index (χ2v) is 10.1. The number of hydrogen-bond acceptors (Lipinski definition) is 6. The van der Waals surface area contributed by atoms with E-state index in [0.29, 0.717) is 31.8 Å². The normalized spacial score (nSPS) is 11.2. The van der Waals surface area contributed by atoms with Crippen molar-refractivity contribution >= 4 is 28.5 Å². The quantitative estimate of drug-likeness (QED) is 0.109. The van der Waals surface area contributed by atoms with E-state index in [0.717, 1.165) is 16.9 Å². The minimum absolute atomic E-state index is 0.0130. The van der Waals surface area contributed by atoms with E-state index in [1.807, 2.05) is 66.9 Å². The molecule has 0 spiro atoms. The van der Waals surface area contributed by atoms with Crippen LogP contribution in [0.1, 0.15) is 30.0 Å². The van der Waals surface area contributed by atoms with Crippen LogP contribution in [-0.2, 0) is 17.8 Å². The first-order valence-electron chi connectivity index (χ1n) is 14.0. The number of aliphatic hydroxyl groups excluding tert-OH is 1. The summed E-state index contributed by atoms with van der Waals surface area (Å²) >= 11 is 0. The van der Waals surface area contributed by atoms with Crippen LogP contribution in [0, 0.1) is 17.7 Å². The molecule has 9 heteroatoms. The van der Waals surface area contributed by atoms with Gasteiger partial charge in [0.2, 0.25) is 5.91 Å². The number of aryl methyl sites for hydroxylation is 2. The fraction of sp³-hybridized carbons (Fsp3) is 0.303. The number of para-hydroxylation sites is 1. The maximum absolute atomic E-state index is 12.0. The molecule has 0 radical (unpaired) electrons. The summed E-state index contributed by atoms with van der Waals surface area (Å²) < 4.78 is 5.20. The fourth-order valence-corrected chi connectivity index (χ4v) is 4.26. The van der Waals surface area contributed by atoms with Crippen LogP contribution in [0.2, 0.25) is 0 Å². The first-order chi connectivity index (χ1) is 20.3. The van der Waals surface area contributed by atoms with Gasteiger partial charge in [0.15, 0.2) is 0 Å². The molecule has 3 aromatic carbocycles. The number of amidine groups is 2. The molecule has 0 aliphatic rings. The number of aromatic nitrogens is 1. The number of benzene rings is 3. The summed E-state index contributed by atoms with van der Waals surface area (Å²) in [5, 5.41) is 33.2. The molecule has 222 valence electrons. The van der Waals surface area contributed by atoms with Gasteiger partial charge in [0, 0.05) is 30.1 Å². The molecule has 0 fully saturated rings. The summed E-state index contributed by atoms with van der Waals surface area (Å²) in [6.45, 7) is 4.49. The maximum atomic E-state index is 12.0. The Balaban J connectivity index is 0.000000401. The molecule has 1 aromatic heterocycles. The molecule has 4 aromatic rings. The topological polar surface area (TPSA) is 137 Å². The highest BCUT2D eigenvalue weighted by Crippen LogP contribution is 2.16. The summed E-state index contributed by atoms with van der Waals surface area (Å²) in [5.41, 5.74) is 4.60. The zero-order valence-corrected chi connectivity index (χ0v) is 24.6. The van der Waals surface area contributed by atoms with Crippen LogP contribution in [-0.4, -0.2) is 65.4 Å². The molecule has 1 atom stereocenters. The van der Waals surface area contributed by atoms with Crippen molar-refractivity contribution in [3.63, 3.8) is 0 Å². The number of nitrogens with one attached hydrogen (secondary N) is 5. The van der Waals surface area contributed by atoms with Crippen molar-refractivity contribution in [1.29, 1.82) is 10.8 Å². The predicted molar refractivity (Wildman–Crippen MR) is 169 cm³/mol. The molecule has 0 saturated heterocycles. The number of methoxy groups -OCH3 is 1. The zero-order chi connectivity index (χ0) is 30.3. The molecule has 1 amide bonds. The van der Waals surface area contributed by atoms with Gasteiger partial charge in [0.1, 0.15) is 17.4 Å². The van der Waals surface area contributed by atoms with Gasteiger partial charge in [0.05, 0.1) is 32.8 Å². The number of rotatable bonds is 12. The Morgan fingerprint density at radius 3 is 2.31 bits per heavy atom. The van der Waals surface area contributed by atoms with Gasteiger partial charge in [0.25, 0.3) is 0 Å². The lowest BCUT2D eigenvalue weighted by molar-refractivity contribution is -0.120. The van der Waals surface area contributed by atoms with Gasteiger partial charge in [-0.1, -0.05) is 60.7 Å². The second kappa shape index (κ2) is 16.7. The Hall–Kier alpha value is -4.47. The SMILES string of the molecule is COc1ccc(CN(C(=N)CCc2ccccc2)C(=N)CNC(=O)CNCC(C)O)cc1.Cc1c[nH]c2ccccc12. The molecule has 0 aliphatic carbocycles. The number of fused-ring (bicyclic) bond motifs is 1. The molecule has 42 heavy (non-hydrogen) atoms. The Bertz CT molecular complexity index is 1420. The Morgan fingerprint density at radius 2 is 1.64 bits per heavy atom. The van der Waals surface area contributed by atoms with Crippen molar-refractivity contribution in [2.45, 2.75) is 39.3 Å². The molecule has 0 bridgehead atoms. The summed E-state index contributed by atoms with van der Waals surface area (Å²) in [4.78, 5) is 16.8. The van der Waals surface area contributed by atoms with Gasteiger partial charge in [-0.2, -0.15) is 0 Å². The van der Waals surface area contributed by atoms with Gasteiger partial charge < -0.3 is 30.4 Å². The van der Waals surface area contributed by atoms with E-state index in [9.17, 15) is 9.90 Å². The lowest BCUT2D eigenvalue weighted by Crippen LogP contribution is -2.44. The Labute approximate surface area is 247 Å². The number of hydrogen-bond donors (Lipinski definition) is 6. The van der Waals surface area contributed by atoms with Crippen molar-refractivity contribution in [3.05, 3.63) is 102 Å². The van der Waals surface area contributed by atoms with E-state index in [4.69, 9.17) is 15.6 Å². The van der Waals surface area contributed by atoms with Crippen molar-refractivity contribution < 1.29 is 14.6 Å². The molecule has 4 rings (SSSR count). The third-order valence-corrected chi connectivity index (χ3v) is 6.62. The maximum Gasteiger partial charge on any atom is 0.234 e. The van der Waals surface area contributed by atoms with Gasteiger partial charge in [-0.25, -0.2) is 0 Å². The highest BCUT2D eigenvalue weighted by molar-refractivity contribution is 6.00. The van der Waals surface area contributed by atoms with Crippen molar-refractivity contribution in [1.82, 2.24) is 20.5 Å². The van der Waals surface area contributed by atoms with E-state index in [1.54, 1.807) is 18.9 Å². The summed E-state index contributed by atoms with van der Waals surface area (Å²) in [6.07, 6.45) is 2.67. The third kappa shape index (κ3) is 10.5. The lowest BCUT2D eigenvalue weighted by atomic mass is 10.1. The Morgan fingerprint density at radius 1 is 0.952 bits per heavy atom. The number of aromatic amines is 1. The number of carbonyl (C=O) groups excluding carboxylic acids is 1. The average Bonchev–Trinajstić information content (AvgIpc) is 3.39. The summed E-state index contributed by atoms with van der Waals surface area (Å²) in [6, 6.07) is 25.8. The van der Waals surface area contributed by atoms with E-state index in [1.165, 1.54) is 16.5 Å².